The molecular weight excluding hydrogens is 537 g/mol. The van der Waals surface area contributed by atoms with Crippen LogP contribution in [-0.4, -0.2) is 4.57 Å². The number of rotatable bonds is 2. The molecule has 1 nitrogen and oxygen atoms in total. The number of para-hydroxylation sites is 1. The van der Waals surface area contributed by atoms with Crippen molar-refractivity contribution in [2.24, 2.45) is 0 Å². The van der Waals surface area contributed by atoms with E-state index in [9.17, 15) is 0 Å². The van der Waals surface area contributed by atoms with Crippen LogP contribution in [0.15, 0.2) is 109 Å². The number of halogens is 1. The summed E-state index contributed by atoms with van der Waals surface area (Å²) in [7, 11) is 0. The molecule has 5 aromatic carbocycles. The first kappa shape index (κ1) is 21.0. The number of hydrogen-bond acceptors (Lipinski definition) is 0. The average Bonchev–Trinajstić information content (AvgIpc) is 3.33. The third-order valence-electron chi connectivity index (χ3n) is 7.66. The fraction of sp³-hybridized carbons (Fsp3) is 0.0909. The van der Waals surface area contributed by atoms with E-state index in [1.807, 2.05) is 0 Å². The van der Waals surface area contributed by atoms with Crippen molar-refractivity contribution >= 4 is 44.4 Å². The summed E-state index contributed by atoms with van der Waals surface area (Å²) >= 11 is 2.42. The van der Waals surface area contributed by atoms with Crippen LogP contribution in [-0.2, 0) is 5.41 Å². The van der Waals surface area contributed by atoms with Gasteiger partial charge in [0.1, 0.15) is 0 Å². The molecular formula is C33H24IN. The van der Waals surface area contributed by atoms with Gasteiger partial charge >= 0.3 is 0 Å². The molecule has 0 fully saturated rings. The maximum Gasteiger partial charge on any atom is 0.0541 e. The van der Waals surface area contributed by atoms with E-state index in [0.717, 1.165) is 0 Å². The molecule has 7 rings (SSSR count). The first-order valence-electron chi connectivity index (χ1n) is 12.1. The van der Waals surface area contributed by atoms with Crippen LogP contribution in [0.5, 0.6) is 0 Å². The van der Waals surface area contributed by atoms with Crippen LogP contribution in [0.25, 0.3) is 49.7 Å². The minimum absolute atomic E-state index is 0.00544. The molecule has 0 N–H and O–H groups in total. The maximum absolute atomic E-state index is 2.42. The zero-order valence-corrected chi connectivity index (χ0v) is 21.9. The Labute approximate surface area is 219 Å². The molecule has 0 radical (unpaired) electrons. The van der Waals surface area contributed by atoms with Gasteiger partial charge in [-0.2, -0.15) is 0 Å². The SMILES string of the molecule is CC1(C)c2ccccc2-c2ccc(-c3ccc4c(c3)c3cc(I)ccc3n4-c3ccccc3)cc21. The van der Waals surface area contributed by atoms with Crippen molar-refractivity contribution in [3.8, 4) is 27.9 Å². The van der Waals surface area contributed by atoms with Crippen LogP contribution in [0, 0.1) is 3.57 Å². The van der Waals surface area contributed by atoms with Crippen LogP contribution in [0.1, 0.15) is 25.0 Å². The van der Waals surface area contributed by atoms with Crippen molar-refractivity contribution in [2.75, 3.05) is 0 Å². The third kappa shape index (κ3) is 3.06. The molecule has 1 aromatic heterocycles. The lowest BCUT2D eigenvalue weighted by molar-refractivity contribution is 0.660. The van der Waals surface area contributed by atoms with E-state index in [1.165, 1.54) is 64.4 Å². The quantitative estimate of drug-likeness (QED) is 0.186. The molecule has 6 aromatic rings. The average molecular weight is 561 g/mol. The topological polar surface area (TPSA) is 4.93 Å². The van der Waals surface area contributed by atoms with Gasteiger partial charge in [-0.15, -0.1) is 0 Å². The molecule has 2 heteroatoms. The lowest BCUT2D eigenvalue weighted by Crippen LogP contribution is -2.14. The number of fused-ring (bicyclic) bond motifs is 6. The number of nitrogens with zero attached hydrogens (tertiary/aromatic N) is 1. The Kier molecular flexibility index (Phi) is 4.53. The first-order chi connectivity index (χ1) is 17.0. The van der Waals surface area contributed by atoms with E-state index in [0.29, 0.717) is 0 Å². The molecule has 0 saturated carbocycles. The summed E-state index contributed by atoms with van der Waals surface area (Å²) in [6, 6.07) is 40.2. The molecule has 0 saturated heterocycles. The fourth-order valence-electron chi connectivity index (χ4n) is 5.91. The Morgan fingerprint density at radius 2 is 1.20 bits per heavy atom. The number of benzene rings is 5. The number of aromatic nitrogens is 1. The Morgan fingerprint density at radius 3 is 2.03 bits per heavy atom. The minimum Gasteiger partial charge on any atom is -0.309 e. The zero-order valence-electron chi connectivity index (χ0n) is 19.7. The standard InChI is InChI=1S/C33H24IN/c1-33(2)29-11-7-6-10-25(29)26-15-12-22(19-30(26)33)21-13-16-31-27(18-21)28-20-23(34)14-17-32(28)35(31)24-8-4-3-5-9-24/h3-20H,1-2H3. The summed E-state index contributed by atoms with van der Waals surface area (Å²) in [5, 5.41) is 2.59. The van der Waals surface area contributed by atoms with Gasteiger partial charge in [-0.05, 0) is 105 Å². The molecule has 1 aliphatic rings. The van der Waals surface area contributed by atoms with Crippen molar-refractivity contribution in [3.05, 3.63) is 124 Å². The minimum atomic E-state index is 0.00544. The monoisotopic (exact) mass is 561 g/mol. The van der Waals surface area contributed by atoms with Gasteiger partial charge in [-0.3, -0.25) is 0 Å². The summed E-state index contributed by atoms with van der Waals surface area (Å²) in [5.74, 6) is 0. The molecule has 0 amide bonds. The van der Waals surface area contributed by atoms with Crippen molar-refractivity contribution in [1.82, 2.24) is 4.57 Å². The first-order valence-corrected chi connectivity index (χ1v) is 13.1. The second-order valence-corrected chi connectivity index (χ2v) is 11.2. The van der Waals surface area contributed by atoms with E-state index in [2.05, 4.69) is 150 Å². The summed E-state index contributed by atoms with van der Waals surface area (Å²) in [6.45, 7) is 4.69. The third-order valence-corrected chi connectivity index (χ3v) is 8.33. The molecule has 0 unspecified atom stereocenters. The Hall–Kier alpha value is -3.37. The number of hydrogen-bond donors (Lipinski definition) is 0. The summed E-state index contributed by atoms with van der Waals surface area (Å²) in [6.07, 6.45) is 0. The summed E-state index contributed by atoms with van der Waals surface area (Å²) in [4.78, 5) is 0. The predicted molar refractivity (Wildman–Crippen MR) is 156 cm³/mol. The normalized spacial score (nSPS) is 13.8. The molecule has 0 spiro atoms. The van der Waals surface area contributed by atoms with Crippen molar-refractivity contribution in [3.63, 3.8) is 0 Å². The van der Waals surface area contributed by atoms with Crippen LogP contribution in [0.2, 0.25) is 0 Å². The highest BCUT2D eigenvalue weighted by atomic mass is 127. The van der Waals surface area contributed by atoms with Crippen LogP contribution >= 0.6 is 22.6 Å². The van der Waals surface area contributed by atoms with E-state index < -0.39 is 0 Å². The van der Waals surface area contributed by atoms with E-state index in [4.69, 9.17) is 0 Å². The second-order valence-electron chi connectivity index (χ2n) is 10.00. The van der Waals surface area contributed by atoms with Gasteiger partial charge in [0, 0.05) is 25.4 Å². The highest BCUT2D eigenvalue weighted by Gasteiger charge is 2.35. The fourth-order valence-corrected chi connectivity index (χ4v) is 6.41. The van der Waals surface area contributed by atoms with Gasteiger partial charge in [0.2, 0.25) is 0 Å². The van der Waals surface area contributed by atoms with Gasteiger partial charge < -0.3 is 4.57 Å². The molecule has 0 atom stereocenters. The van der Waals surface area contributed by atoms with E-state index >= 15 is 0 Å². The van der Waals surface area contributed by atoms with Crippen LogP contribution in [0.3, 0.4) is 0 Å². The Bertz CT molecular complexity index is 1770. The molecule has 35 heavy (non-hydrogen) atoms. The van der Waals surface area contributed by atoms with Crippen LogP contribution < -0.4 is 0 Å². The van der Waals surface area contributed by atoms with E-state index in [1.54, 1.807) is 0 Å². The Balaban J connectivity index is 1.45. The van der Waals surface area contributed by atoms with Gasteiger partial charge in [-0.1, -0.05) is 74.5 Å². The van der Waals surface area contributed by atoms with Gasteiger partial charge in [0.05, 0.1) is 11.0 Å². The zero-order chi connectivity index (χ0) is 23.7. The lowest BCUT2D eigenvalue weighted by atomic mass is 9.81. The van der Waals surface area contributed by atoms with Gasteiger partial charge in [0.15, 0.2) is 0 Å². The maximum atomic E-state index is 2.42. The van der Waals surface area contributed by atoms with Crippen LogP contribution in [0.4, 0.5) is 0 Å². The molecule has 1 aliphatic carbocycles. The van der Waals surface area contributed by atoms with Crippen molar-refractivity contribution in [1.29, 1.82) is 0 Å². The molecule has 0 bridgehead atoms. The Morgan fingerprint density at radius 1 is 0.571 bits per heavy atom. The highest BCUT2D eigenvalue weighted by molar-refractivity contribution is 14.1. The lowest BCUT2D eigenvalue weighted by Gasteiger charge is -2.22. The van der Waals surface area contributed by atoms with Gasteiger partial charge in [-0.25, -0.2) is 0 Å². The van der Waals surface area contributed by atoms with Gasteiger partial charge in [0.25, 0.3) is 0 Å². The smallest absolute Gasteiger partial charge is 0.0541 e. The summed E-state index contributed by atoms with van der Waals surface area (Å²) in [5.41, 5.74) is 11.8. The molecule has 1 heterocycles. The predicted octanol–water partition coefficient (Wildman–Crippen LogP) is 9.36. The highest BCUT2D eigenvalue weighted by Crippen LogP contribution is 2.49. The van der Waals surface area contributed by atoms with E-state index in [-0.39, 0.29) is 5.41 Å². The molecule has 168 valence electrons. The summed E-state index contributed by atoms with van der Waals surface area (Å²) < 4.78 is 3.64. The van der Waals surface area contributed by atoms with Crippen molar-refractivity contribution in [2.45, 2.75) is 19.3 Å². The largest absolute Gasteiger partial charge is 0.309 e. The second kappa shape index (κ2) is 7.56. The van der Waals surface area contributed by atoms with Crippen molar-refractivity contribution < 1.29 is 0 Å². The molecule has 0 aliphatic heterocycles.